The summed E-state index contributed by atoms with van der Waals surface area (Å²) in [7, 11) is 0. The second-order valence-electron chi connectivity index (χ2n) is 4.43. The predicted octanol–water partition coefficient (Wildman–Crippen LogP) is 3.86. The third kappa shape index (κ3) is 3.33. The molecule has 0 spiro atoms. The van der Waals surface area contributed by atoms with Gasteiger partial charge in [-0.05, 0) is 40.0 Å². The van der Waals surface area contributed by atoms with Gasteiger partial charge in [-0.15, -0.1) is 11.3 Å². The summed E-state index contributed by atoms with van der Waals surface area (Å²) in [4.78, 5) is 16.5. The maximum atomic E-state index is 12.1. The molecular formula is C13H14BrN3OS. The highest BCUT2D eigenvalue weighted by Crippen LogP contribution is 2.24. The first-order chi connectivity index (χ1) is 8.97. The lowest BCUT2D eigenvalue weighted by Crippen LogP contribution is -2.13. The number of halogens is 1. The third-order valence-corrected chi connectivity index (χ3v) is 4.04. The molecule has 0 radical (unpaired) electrons. The molecular weight excluding hydrogens is 326 g/mol. The van der Waals surface area contributed by atoms with Crippen molar-refractivity contribution in [2.24, 2.45) is 0 Å². The van der Waals surface area contributed by atoms with Crippen molar-refractivity contribution in [3.05, 3.63) is 39.3 Å². The Hall–Kier alpha value is -1.40. The van der Waals surface area contributed by atoms with Crippen LogP contribution in [0.15, 0.2) is 28.1 Å². The van der Waals surface area contributed by atoms with E-state index >= 15 is 0 Å². The standard InChI is InChI=1S/C13H14BrN3OS/c1-7(2)11-6-19-13(16-11)17-12(18)9-5-8(15)3-4-10(9)14/h3-7H,15H2,1-2H3,(H,16,17,18). The van der Waals surface area contributed by atoms with Crippen LogP contribution >= 0.6 is 27.3 Å². The van der Waals surface area contributed by atoms with Crippen molar-refractivity contribution in [3.63, 3.8) is 0 Å². The number of anilines is 2. The lowest BCUT2D eigenvalue weighted by Gasteiger charge is -2.05. The Balaban J connectivity index is 2.18. The first-order valence-corrected chi connectivity index (χ1v) is 7.46. The summed E-state index contributed by atoms with van der Waals surface area (Å²) >= 11 is 4.76. The van der Waals surface area contributed by atoms with E-state index in [-0.39, 0.29) is 5.91 Å². The van der Waals surface area contributed by atoms with Gasteiger partial charge in [-0.2, -0.15) is 0 Å². The lowest BCUT2D eigenvalue weighted by atomic mass is 10.2. The third-order valence-electron chi connectivity index (χ3n) is 2.57. The van der Waals surface area contributed by atoms with Gasteiger partial charge in [0.2, 0.25) is 0 Å². The van der Waals surface area contributed by atoms with Gasteiger partial charge in [0.15, 0.2) is 5.13 Å². The van der Waals surface area contributed by atoms with E-state index in [2.05, 4.69) is 40.1 Å². The number of amides is 1. The maximum Gasteiger partial charge on any atom is 0.258 e. The molecule has 2 aromatic rings. The zero-order chi connectivity index (χ0) is 14.0. The Kier molecular flexibility index (Phi) is 4.21. The van der Waals surface area contributed by atoms with Crippen LogP contribution in [-0.4, -0.2) is 10.9 Å². The number of carbonyl (C=O) groups is 1. The Morgan fingerprint density at radius 2 is 2.21 bits per heavy atom. The monoisotopic (exact) mass is 339 g/mol. The van der Waals surface area contributed by atoms with Crippen molar-refractivity contribution < 1.29 is 4.79 Å². The summed E-state index contributed by atoms with van der Waals surface area (Å²) < 4.78 is 0.708. The minimum atomic E-state index is -0.219. The molecule has 100 valence electrons. The molecule has 19 heavy (non-hydrogen) atoms. The SMILES string of the molecule is CC(C)c1csc(NC(=O)c2cc(N)ccc2Br)n1. The van der Waals surface area contributed by atoms with Gasteiger partial charge in [-0.1, -0.05) is 13.8 Å². The molecule has 0 aliphatic rings. The number of hydrogen-bond donors (Lipinski definition) is 2. The highest BCUT2D eigenvalue weighted by Gasteiger charge is 2.13. The Bertz CT molecular complexity index is 610. The van der Waals surface area contributed by atoms with Crippen molar-refractivity contribution in [2.75, 3.05) is 11.1 Å². The zero-order valence-corrected chi connectivity index (χ0v) is 13.0. The van der Waals surface area contributed by atoms with Crippen molar-refractivity contribution in [1.82, 2.24) is 4.98 Å². The van der Waals surface area contributed by atoms with Gasteiger partial charge < -0.3 is 5.73 Å². The lowest BCUT2D eigenvalue weighted by molar-refractivity contribution is 0.102. The van der Waals surface area contributed by atoms with Crippen LogP contribution in [0, 0.1) is 0 Å². The van der Waals surface area contributed by atoms with E-state index in [9.17, 15) is 4.79 Å². The van der Waals surface area contributed by atoms with Crippen LogP contribution < -0.4 is 11.1 Å². The number of nitrogens with zero attached hydrogens (tertiary/aromatic N) is 1. The topological polar surface area (TPSA) is 68.0 Å². The van der Waals surface area contributed by atoms with Crippen molar-refractivity contribution in [1.29, 1.82) is 0 Å². The van der Waals surface area contributed by atoms with E-state index in [0.29, 0.717) is 26.8 Å². The Morgan fingerprint density at radius 3 is 2.84 bits per heavy atom. The van der Waals surface area contributed by atoms with Gasteiger partial charge in [0.1, 0.15) is 0 Å². The fourth-order valence-corrected chi connectivity index (χ4v) is 2.78. The van der Waals surface area contributed by atoms with E-state index in [4.69, 9.17) is 5.73 Å². The molecule has 1 heterocycles. The molecule has 0 saturated carbocycles. The van der Waals surface area contributed by atoms with Gasteiger partial charge in [-0.25, -0.2) is 4.98 Å². The second-order valence-corrected chi connectivity index (χ2v) is 6.14. The Labute approximate surface area is 124 Å². The number of nitrogens with two attached hydrogens (primary N) is 1. The fraction of sp³-hybridized carbons (Fsp3) is 0.231. The average Bonchev–Trinajstić information content (AvgIpc) is 2.80. The first-order valence-electron chi connectivity index (χ1n) is 5.79. The van der Waals surface area contributed by atoms with Gasteiger partial charge in [0, 0.05) is 15.5 Å². The molecule has 0 fully saturated rings. The van der Waals surface area contributed by atoms with Crippen molar-refractivity contribution >= 4 is 44.0 Å². The van der Waals surface area contributed by atoms with E-state index in [1.165, 1.54) is 11.3 Å². The number of benzene rings is 1. The van der Waals surface area contributed by atoms with E-state index < -0.39 is 0 Å². The fourth-order valence-electron chi connectivity index (χ4n) is 1.49. The summed E-state index contributed by atoms with van der Waals surface area (Å²) in [5.41, 5.74) is 7.72. The molecule has 0 bridgehead atoms. The molecule has 1 aromatic carbocycles. The van der Waals surface area contributed by atoms with Gasteiger partial charge in [-0.3, -0.25) is 10.1 Å². The molecule has 4 nitrogen and oxygen atoms in total. The smallest absolute Gasteiger partial charge is 0.258 e. The summed E-state index contributed by atoms with van der Waals surface area (Å²) in [6.45, 7) is 4.13. The van der Waals surface area contributed by atoms with Crippen LogP contribution in [0.5, 0.6) is 0 Å². The summed E-state index contributed by atoms with van der Waals surface area (Å²) in [5, 5.41) is 5.34. The predicted molar refractivity (Wildman–Crippen MR) is 82.7 cm³/mol. The van der Waals surface area contributed by atoms with Gasteiger partial charge in [0.05, 0.1) is 11.3 Å². The minimum Gasteiger partial charge on any atom is -0.399 e. The molecule has 0 aliphatic carbocycles. The van der Waals surface area contributed by atoms with Crippen LogP contribution in [-0.2, 0) is 0 Å². The van der Waals surface area contributed by atoms with E-state index in [0.717, 1.165) is 5.69 Å². The number of thiazole rings is 1. The normalized spacial score (nSPS) is 10.7. The Morgan fingerprint density at radius 1 is 1.47 bits per heavy atom. The molecule has 0 unspecified atom stereocenters. The van der Waals surface area contributed by atoms with Crippen LogP contribution in [0.25, 0.3) is 0 Å². The second kappa shape index (κ2) is 5.71. The number of rotatable bonds is 3. The van der Waals surface area contributed by atoms with Crippen LogP contribution in [0.2, 0.25) is 0 Å². The van der Waals surface area contributed by atoms with Crippen LogP contribution in [0.4, 0.5) is 10.8 Å². The molecule has 0 atom stereocenters. The van der Waals surface area contributed by atoms with Gasteiger partial charge >= 0.3 is 0 Å². The first kappa shape index (κ1) is 14.0. The quantitative estimate of drug-likeness (QED) is 0.834. The van der Waals surface area contributed by atoms with Crippen molar-refractivity contribution in [3.8, 4) is 0 Å². The van der Waals surface area contributed by atoms with Gasteiger partial charge in [0.25, 0.3) is 5.91 Å². The number of aromatic nitrogens is 1. The largest absolute Gasteiger partial charge is 0.399 e. The molecule has 0 saturated heterocycles. The average molecular weight is 340 g/mol. The minimum absolute atomic E-state index is 0.219. The zero-order valence-electron chi connectivity index (χ0n) is 10.6. The maximum absolute atomic E-state index is 12.1. The summed E-state index contributed by atoms with van der Waals surface area (Å²) in [6.07, 6.45) is 0. The van der Waals surface area contributed by atoms with Crippen LogP contribution in [0.3, 0.4) is 0 Å². The highest BCUT2D eigenvalue weighted by molar-refractivity contribution is 9.10. The number of carbonyl (C=O) groups excluding carboxylic acids is 1. The number of hydrogen-bond acceptors (Lipinski definition) is 4. The summed E-state index contributed by atoms with van der Waals surface area (Å²) in [5.74, 6) is 0.129. The molecule has 3 N–H and O–H groups in total. The van der Waals surface area contributed by atoms with E-state index in [1.807, 2.05) is 5.38 Å². The molecule has 6 heteroatoms. The molecule has 2 rings (SSSR count). The highest BCUT2D eigenvalue weighted by atomic mass is 79.9. The van der Waals surface area contributed by atoms with Crippen molar-refractivity contribution in [2.45, 2.75) is 19.8 Å². The molecule has 0 aliphatic heterocycles. The summed E-state index contributed by atoms with van der Waals surface area (Å²) in [6, 6.07) is 5.13. The molecule has 1 amide bonds. The van der Waals surface area contributed by atoms with E-state index in [1.54, 1.807) is 18.2 Å². The molecule has 1 aromatic heterocycles. The number of nitrogens with one attached hydrogen (secondary N) is 1. The number of nitrogen functional groups attached to an aromatic ring is 1. The van der Waals surface area contributed by atoms with Crippen LogP contribution in [0.1, 0.15) is 35.8 Å².